The van der Waals surface area contributed by atoms with Crippen molar-refractivity contribution >= 4 is 34.8 Å². The molecule has 3 aromatic carbocycles. The summed E-state index contributed by atoms with van der Waals surface area (Å²) < 4.78 is 5.46. The molecule has 0 spiro atoms. The average Bonchev–Trinajstić information content (AvgIpc) is 2.82. The maximum atomic E-state index is 14.1. The minimum absolute atomic E-state index is 0.0764. The number of rotatable bonds is 6. The minimum Gasteiger partial charge on any atom is -0.497 e. The first-order valence-electron chi connectivity index (χ1n) is 11.4. The maximum absolute atomic E-state index is 14.1. The van der Waals surface area contributed by atoms with Crippen LogP contribution < -0.4 is 9.64 Å². The van der Waals surface area contributed by atoms with Gasteiger partial charge in [-0.3, -0.25) is 4.79 Å². The summed E-state index contributed by atoms with van der Waals surface area (Å²) in [4.78, 5) is 15.9. The molecule has 0 radical (unpaired) electrons. The molecule has 0 fully saturated rings. The smallest absolute Gasteiger partial charge is 0.234 e. The topological polar surface area (TPSA) is 29.5 Å². The van der Waals surface area contributed by atoms with Crippen molar-refractivity contribution in [2.45, 2.75) is 51.5 Å². The summed E-state index contributed by atoms with van der Waals surface area (Å²) in [5.41, 5.74) is 5.26. The Morgan fingerprint density at radius 3 is 2.48 bits per heavy atom. The van der Waals surface area contributed by atoms with Crippen molar-refractivity contribution in [2.24, 2.45) is 0 Å². The molecule has 1 aliphatic rings. The van der Waals surface area contributed by atoms with E-state index in [4.69, 9.17) is 27.9 Å². The van der Waals surface area contributed by atoms with Crippen LogP contribution in [-0.4, -0.2) is 13.0 Å². The summed E-state index contributed by atoms with van der Waals surface area (Å²) in [5.74, 6) is 1.06. The number of carbonyl (C=O) groups is 1. The van der Waals surface area contributed by atoms with Gasteiger partial charge < -0.3 is 9.64 Å². The van der Waals surface area contributed by atoms with E-state index in [-0.39, 0.29) is 11.8 Å². The molecular formula is C28H29Cl2NO2. The SMILES string of the molecule is COc1ccc2c(c1)C(C(=O)N(Cc1ccc(Cl)cc1Cl)c1ccc(C(C)C)cc1)CCC2. The molecular weight excluding hydrogens is 453 g/mol. The van der Waals surface area contributed by atoms with Gasteiger partial charge in [0.2, 0.25) is 5.91 Å². The zero-order valence-electron chi connectivity index (χ0n) is 19.3. The van der Waals surface area contributed by atoms with Crippen LogP contribution in [0.25, 0.3) is 0 Å². The first-order chi connectivity index (χ1) is 15.9. The molecule has 1 atom stereocenters. The fourth-order valence-electron chi connectivity index (χ4n) is 4.50. The molecule has 3 nitrogen and oxygen atoms in total. The monoisotopic (exact) mass is 481 g/mol. The van der Waals surface area contributed by atoms with E-state index in [0.717, 1.165) is 41.8 Å². The van der Waals surface area contributed by atoms with Gasteiger partial charge in [-0.2, -0.15) is 0 Å². The van der Waals surface area contributed by atoms with Gasteiger partial charge in [0.25, 0.3) is 0 Å². The Morgan fingerprint density at radius 2 is 1.82 bits per heavy atom. The predicted octanol–water partition coefficient (Wildman–Crippen LogP) is 7.78. The highest BCUT2D eigenvalue weighted by Gasteiger charge is 2.31. The van der Waals surface area contributed by atoms with E-state index >= 15 is 0 Å². The minimum atomic E-state index is -0.222. The quantitative estimate of drug-likeness (QED) is 0.359. The number of hydrogen-bond acceptors (Lipinski definition) is 2. The van der Waals surface area contributed by atoms with Gasteiger partial charge in [-0.25, -0.2) is 0 Å². The molecule has 1 aliphatic carbocycles. The Balaban J connectivity index is 1.74. The van der Waals surface area contributed by atoms with Crippen molar-refractivity contribution in [3.63, 3.8) is 0 Å². The van der Waals surface area contributed by atoms with Crippen molar-refractivity contribution in [3.05, 3.63) is 93.0 Å². The molecule has 0 bridgehead atoms. The van der Waals surface area contributed by atoms with Crippen molar-refractivity contribution in [2.75, 3.05) is 12.0 Å². The fraction of sp³-hybridized carbons (Fsp3) is 0.321. The molecule has 33 heavy (non-hydrogen) atoms. The Labute approximate surface area is 206 Å². The third-order valence-electron chi connectivity index (χ3n) is 6.45. The number of nitrogens with zero attached hydrogens (tertiary/aromatic N) is 1. The number of anilines is 1. The van der Waals surface area contributed by atoms with E-state index in [1.54, 1.807) is 13.2 Å². The predicted molar refractivity (Wildman–Crippen MR) is 137 cm³/mol. The van der Waals surface area contributed by atoms with Crippen LogP contribution >= 0.6 is 23.2 Å². The fourth-order valence-corrected chi connectivity index (χ4v) is 4.97. The molecule has 4 rings (SSSR count). The second-order valence-corrected chi connectivity index (χ2v) is 9.76. The van der Waals surface area contributed by atoms with Crippen LogP contribution in [0.2, 0.25) is 10.0 Å². The number of benzene rings is 3. The number of methoxy groups -OCH3 is 1. The van der Waals surface area contributed by atoms with Gasteiger partial charge in [0.15, 0.2) is 0 Å². The lowest BCUT2D eigenvalue weighted by atomic mass is 9.81. The van der Waals surface area contributed by atoms with Crippen LogP contribution in [0.1, 0.15) is 60.8 Å². The van der Waals surface area contributed by atoms with E-state index in [2.05, 4.69) is 32.0 Å². The van der Waals surface area contributed by atoms with Crippen molar-refractivity contribution in [1.82, 2.24) is 0 Å². The van der Waals surface area contributed by atoms with Crippen molar-refractivity contribution in [1.29, 1.82) is 0 Å². The number of halogens is 2. The van der Waals surface area contributed by atoms with E-state index in [1.165, 1.54) is 11.1 Å². The van der Waals surface area contributed by atoms with Gasteiger partial charge in [0.1, 0.15) is 5.75 Å². The molecule has 0 saturated heterocycles. The van der Waals surface area contributed by atoms with Crippen LogP contribution in [0.15, 0.2) is 60.7 Å². The molecule has 1 amide bonds. The van der Waals surface area contributed by atoms with Gasteiger partial charge in [-0.1, -0.05) is 61.3 Å². The van der Waals surface area contributed by atoms with Crippen molar-refractivity contribution in [3.8, 4) is 5.75 Å². The maximum Gasteiger partial charge on any atom is 0.234 e. The van der Waals surface area contributed by atoms with Crippen LogP contribution in [-0.2, 0) is 17.8 Å². The van der Waals surface area contributed by atoms with Gasteiger partial charge in [0.05, 0.1) is 19.6 Å². The standard InChI is InChI=1S/C28H29Cl2NO2/c1-18(2)19-8-12-23(13-9-19)31(17-21-7-11-22(29)15-27(21)30)28(32)25-6-4-5-20-10-14-24(33-3)16-26(20)25/h7-16,18,25H,4-6,17H2,1-3H3. The van der Waals surface area contributed by atoms with Crippen LogP contribution in [0.3, 0.4) is 0 Å². The number of carbonyl (C=O) groups excluding carboxylic acids is 1. The summed E-state index contributed by atoms with van der Waals surface area (Å²) in [5, 5.41) is 1.14. The molecule has 3 aromatic rings. The molecule has 5 heteroatoms. The first-order valence-corrected chi connectivity index (χ1v) is 12.1. The summed E-state index contributed by atoms with van der Waals surface area (Å²) in [6.07, 6.45) is 2.78. The second-order valence-electron chi connectivity index (χ2n) is 8.92. The number of amides is 1. The zero-order valence-corrected chi connectivity index (χ0v) is 20.8. The lowest BCUT2D eigenvalue weighted by molar-refractivity contribution is -0.120. The molecule has 0 N–H and O–H groups in total. The molecule has 172 valence electrons. The molecule has 0 aliphatic heterocycles. The lowest BCUT2D eigenvalue weighted by Gasteiger charge is -2.32. The summed E-state index contributed by atoms with van der Waals surface area (Å²) >= 11 is 12.6. The molecule has 0 saturated carbocycles. The van der Waals surface area contributed by atoms with Crippen LogP contribution in [0, 0.1) is 0 Å². The highest BCUT2D eigenvalue weighted by molar-refractivity contribution is 6.35. The Morgan fingerprint density at radius 1 is 1.06 bits per heavy atom. The third kappa shape index (κ3) is 5.20. The number of fused-ring (bicyclic) bond motifs is 1. The first kappa shape index (κ1) is 23.7. The van der Waals surface area contributed by atoms with E-state index in [1.807, 2.05) is 41.3 Å². The molecule has 1 unspecified atom stereocenters. The summed E-state index contributed by atoms with van der Waals surface area (Å²) in [6.45, 7) is 4.71. The lowest BCUT2D eigenvalue weighted by Crippen LogP contribution is -2.36. The van der Waals surface area contributed by atoms with E-state index in [9.17, 15) is 4.79 Å². The van der Waals surface area contributed by atoms with E-state index in [0.29, 0.717) is 22.5 Å². The largest absolute Gasteiger partial charge is 0.497 e. The second kappa shape index (κ2) is 10.2. The highest BCUT2D eigenvalue weighted by Crippen LogP contribution is 2.37. The van der Waals surface area contributed by atoms with E-state index < -0.39 is 0 Å². The normalized spacial score (nSPS) is 15.3. The number of aryl methyl sites for hydroxylation is 1. The van der Waals surface area contributed by atoms with Gasteiger partial charge in [-0.15, -0.1) is 0 Å². The summed E-state index contributed by atoms with van der Waals surface area (Å²) in [7, 11) is 1.66. The zero-order chi connectivity index (χ0) is 23.5. The highest BCUT2D eigenvalue weighted by atomic mass is 35.5. The Kier molecular flexibility index (Phi) is 7.31. The Hall–Kier alpha value is -2.49. The van der Waals surface area contributed by atoms with Crippen LogP contribution in [0.4, 0.5) is 5.69 Å². The Bertz CT molecular complexity index is 1140. The number of ether oxygens (including phenoxy) is 1. The summed E-state index contributed by atoms with van der Waals surface area (Å²) in [6, 6.07) is 19.8. The molecule has 0 aromatic heterocycles. The molecule has 0 heterocycles. The van der Waals surface area contributed by atoms with Gasteiger partial charge >= 0.3 is 0 Å². The number of hydrogen-bond donors (Lipinski definition) is 0. The van der Waals surface area contributed by atoms with Crippen molar-refractivity contribution < 1.29 is 9.53 Å². The van der Waals surface area contributed by atoms with Gasteiger partial charge in [0, 0.05) is 15.7 Å². The van der Waals surface area contributed by atoms with Crippen LogP contribution in [0.5, 0.6) is 5.75 Å². The average molecular weight is 482 g/mol. The third-order valence-corrected chi connectivity index (χ3v) is 7.03. The van der Waals surface area contributed by atoms with Gasteiger partial charge in [-0.05, 0) is 83.8 Å².